The van der Waals surface area contributed by atoms with Crippen molar-refractivity contribution < 1.29 is 13.9 Å². The van der Waals surface area contributed by atoms with Crippen LogP contribution in [0.5, 0.6) is 0 Å². The average molecular weight is 543 g/mol. The number of halogens is 1. The molecule has 0 spiro atoms. The largest absolute Gasteiger partial charge is 0.461 e. The first-order chi connectivity index (χ1) is 14.7. The number of hydrogen-bond donors (Lipinski definition) is 2. The Morgan fingerprint density at radius 1 is 1.26 bits per heavy atom. The molecule has 1 amide bonds. The smallest absolute Gasteiger partial charge is 0.225 e. The second-order valence-electron chi connectivity index (χ2n) is 7.45. The number of carbonyl (C=O) groups is 1. The first-order valence-electron chi connectivity index (χ1n) is 10.6. The van der Waals surface area contributed by atoms with Crippen LogP contribution in [0.4, 0.5) is 0 Å². The number of guanidine groups is 1. The average Bonchev–Trinajstić information content (AvgIpc) is 3.49. The van der Waals surface area contributed by atoms with E-state index in [1.165, 1.54) is 0 Å². The standard InChI is InChI=1S/C20H29N7O3.HI/c1-2-21-20(22-14-17-23-18(25-24-17)16-4-3-11-30-16)27-7-5-15(6-8-27)19(28)26-9-12-29-13-10-26;/h3-4,11,15H,2,5-10,12-14H2,1H3,(H,21,22)(H,23,24,25);1H. The maximum atomic E-state index is 12.7. The Balaban J connectivity index is 0.00000272. The minimum Gasteiger partial charge on any atom is -0.461 e. The molecule has 10 nitrogen and oxygen atoms in total. The molecule has 0 aliphatic carbocycles. The van der Waals surface area contributed by atoms with Crippen molar-refractivity contribution in [3.8, 4) is 11.6 Å². The van der Waals surface area contributed by atoms with Crippen LogP contribution in [-0.2, 0) is 16.1 Å². The number of aliphatic imine (C=N–C) groups is 1. The third-order valence-corrected chi connectivity index (χ3v) is 5.45. The van der Waals surface area contributed by atoms with E-state index in [-0.39, 0.29) is 35.8 Å². The van der Waals surface area contributed by atoms with Crippen molar-refractivity contribution in [2.45, 2.75) is 26.3 Å². The predicted octanol–water partition coefficient (Wildman–Crippen LogP) is 1.72. The maximum absolute atomic E-state index is 12.7. The molecule has 0 saturated carbocycles. The molecule has 0 unspecified atom stereocenters. The number of piperidine rings is 1. The van der Waals surface area contributed by atoms with Crippen LogP contribution in [0.1, 0.15) is 25.6 Å². The van der Waals surface area contributed by atoms with Crippen LogP contribution in [0.25, 0.3) is 11.6 Å². The van der Waals surface area contributed by atoms with Gasteiger partial charge in [0.2, 0.25) is 11.7 Å². The van der Waals surface area contributed by atoms with E-state index in [2.05, 4.69) is 25.4 Å². The number of amides is 1. The van der Waals surface area contributed by atoms with Gasteiger partial charge in [0.25, 0.3) is 0 Å². The van der Waals surface area contributed by atoms with Gasteiger partial charge >= 0.3 is 0 Å². The number of furan rings is 1. The van der Waals surface area contributed by atoms with E-state index in [0.717, 1.165) is 38.4 Å². The Bertz CT molecular complexity index is 841. The fourth-order valence-corrected chi connectivity index (χ4v) is 3.84. The van der Waals surface area contributed by atoms with Crippen molar-refractivity contribution in [3.63, 3.8) is 0 Å². The molecule has 2 aromatic heterocycles. The van der Waals surface area contributed by atoms with Crippen LogP contribution in [0.2, 0.25) is 0 Å². The summed E-state index contributed by atoms with van der Waals surface area (Å²) in [6.45, 7) is 7.54. The summed E-state index contributed by atoms with van der Waals surface area (Å²) in [7, 11) is 0. The summed E-state index contributed by atoms with van der Waals surface area (Å²) in [6, 6.07) is 3.63. The third-order valence-electron chi connectivity index (χ3n) is 5.45. The highest BCUT2D eigenvalue weighted by molar-refractivity contribution is 14.0. The number of hydrogen-bond acceptors (Lipinski definition) is 6. The number of H-pyrrole nitrogens is 1. The third kappa shape index (κ3) is 5.97. The van der Waals surface area contributed by atoms with Crippen LogP contribution in [0, 0.1) is 5.92 Å². The molecule has 4 heterocycles. The molecular weight excluding hydrogens is 513 g/mol. The van der Waals surface area contributed by atoms with Gasteiger partial charge < -0.3 is 24.3 Å². The summed E-state index contributed by atoms with van der Waals surface area (Å²) in [4.78, 5) is 26.1. The van der Waals surface area contributed by atoms with Gasteiger partial charge in [-0.15, -0.1) is 29.1 Å². The lowest BCUT2D eigenvalue weighted by atomic mass is 9.95. The van der Waals surface area contributed by atoms with Gasteiger partial charge in [-0.05, 0) is 31.9 Å². The number of nitrogens with zero attached hydrogens (tertiary/aromatic N) is 5. The van der Waals surface area contributed by atoms with E-state index >= 15 is 0 Å². The predicted molar refractivity (Wildman–Crippen MR) is 126 cm³/mol. The highest BCUT2D eigenvalue weighted by Crippen LogP contribution is 2.21. The molecule has 0 bridgehead atoms. The van der Waals surface area contributed by atoms with Crippen LogP contribution in [0.3, 0.4) is 0 Å². The molecule has 0 radical (unpaired) electrons. The van der Waals surface area contributed by atoms with Gasteiger partial charge in [-0.2, -0.15) is 0 Å². The lowest BCUT2D eigenvalue weighted by molar-refractivity contribution is -0.140. The zero-order valence-electron chi connectivity index (χ0n) is 17.7. The molecule has 2 aromatic rings. The number of likely N-dealkylation sites (tertiary alicyclic amines) is 1. The van der Waals surface area contributed by atoms with Crippen LogP contribution >= 0.6 is 24.0 Å². The maximum Gasteiger partial charge on any atom is 0.225 e. The molecule has 2 aliphatic rings. The molecule has 4 rings (SSSR count). The van der Waals surface area contributed by atoms with Gasteiger partial charge in [-0.25, -0.2) is 9.98 Å². The monoisotopic (exact) mass is 543 g/mol. The fourth-order valence-electron chi connectivity index (χ4n) is 3.84. The molecule has 2 aliphatic heterocycles. The molecule has 2 N–H and O–H groups in total. The highest BCUT2D eigenvalue weighted by atomic mass is 127. The lowest BCUT2D eigenvalue weighted by Gasteiger charge is -2.36. The van der Waals surface area contributed by atoms with Crippen molar-refractivity contribution in [1.29, 1.82) is 0 Å². The second kappa shape index (κ2) is 11.5. The molecule has 0 atom stereocenters. The van der Waals surface area contributed by atoms with Gasteiger partial charge in [-0.3, -0.25) is 9.89 Å². The first-order valence-corrected chi connectivity index (χ1v) is 10.6. The van der Waals surface area contributed by atoms with E-state index in [9.17, 15) is 4.79 Å². The summed E-state index contributed by atoms with van der Waals surface area (Å²) in [5.74, 6) is 3.03. The van der Waals surface area contributed by atoms with E-state index in [1.807, 2.05) is 17.9 Å². The fraction of sp³-hybridized carbons (Fsp3) is 0.600. The van der Waals surface area contributed by atoms with Gasteiger partial charge in [-0.1, -0.05) is 0 Å². The topological polar surface area (TPSA) is 112 Å². The number of ether oxygens (including phenoxy) is 1. The molecule has 170 valence electrons. The first kappa shape index (κ1) is 23.5. The van der Waals surface area contributed by atoms with Crippen LogP contribution in [0.15, 0.2) is 27.8 Å². The Labute approximate surface area is 198 Å². The quantitative estimate of drug-likeness (QED) is 0.336. The number of aromatic amines is 1. The van der Waals surface area contributed by atoms with Crippen LogP contribution in [-0.4, -0.2) is 82.8 Å². The van der Waals surface area contributed by atoms with Crippen molar-refractivity contribution in [1.82, 2.24) is 30.3 Å². The minimum absolute atomic E-state index is 0. The summed E-state index contributed by atoms with van der Waals surface area (Å²) in [6.07, 6.45) is 3.28. The van der Waals surface area contributed by atoms with Crippen molar-refractivity contribution in [2.75, 3.05) is 45.9 Å². The number of carbonyl (C=O) groups excluding carboxylic acids is 1. The number of morpholine rings is 1. The van der Waals surface area contributed by atoms with Crippen molar-refractivity contribution in [3.05, 3.63) is 24.2 Å². The Morgan fingerprint density at radius 2 is 2.03 bits per heavy atom. The van der Waals surface area contributed by atoms with E-state index in [1.54, 1.807) is 12.3 Å². The Kier molecular flexibility index (Phi) is 8.69. The second-order valence-corrected chi connectivity index (χ2v) is 7.45. The summed E-state index contributed by atoms with van der Waals surface area (Å²) >= 11 is 0. The summed E-state index contributed by atoms with van der Waals surface area (Å²) < 4.78 is 10.7. The lowest BCUT2D eigenvalue weighted by Crippen LogP contribution is -2.50. The molecule has 31 heavy (non-hydrogen) atoms. The SMILES string of the molecule is CCNC(=NCc1nc(-c2ccco2)n[nH]1)N1CCC(C(=O)N2CCOCC2)CC1.I. The van der Waals surface area contributed by atoms with Crippen LogP contribution < -0.4 is 5.32 Å². The summed E-state index contributed by atoms with van der Waals surface area (Å²) in [5.41, 5.74) is 0. The van der Waals surface area contributed by atoms with Gasteiger partial charge in [0, 0.05) is 38.6 Å². The Hall–Kier alpha value is -2.15. The van der Waals surface area contributed by atoms with E-state index < -0.39 is 0 Å². The number of rotatable bonds is 5. The zero-order chi connectivity index (χ0) is 20.8. The molecule has 2 saturated heterocycles. The van der Waals surface area contributed by atoms with Crippen molar-refractivity contribution in [2.24, 2.45) is 10.9 Å². The van der Waals surface area contributed by atoms with Gasteiger partial charge in [0.1, 0.15) is 12.4 Å². The Morgan fingerprint density at radius 3 is 2.71 bits per heavy atom. The van der Waals surface area contributed by atoms with E-state index in [0.29, 0.717) is 50.3 Å². The van der Waals surface area contributed by atoms with Gasteiger partial charge in [0.05, 0.1) is 19.5 Å². The van der Waals surface area contributed by atoms with Crippen molar-refractivity contribution >= 4 is 35.8 Å². The molecular formula is C20H30IN7O3. The number of nitrogens with one attached hydrogen (secondary N) is 2. The normalized spacial score (nSPS) is 18.0. The van der Waals surface area contributed by atoms with Gasteiger partial charge in [0.15, 0.2) is 11.7 Å². The zero-order valence-corrected chi connectivity index (χ0v) is 20.1. The van der Waals surface area contributed by atoms with E-state index in [4.69, 9.17) is 14.1 Å². The number of aromatic nitrogens is 3. The molecule has 0 aromatic carbocycles. The minimum atomic E-state index is 0. The molecule has 11 heteroatoms. The molecule has 2 fully saturated rings. The summed E-state index contributed by atoms with van der Waals surface area (Å²) in [5, 5.41) is 10.5. The highest BCUT2D eigenvalue weighted by Gasteiger charge is 2.30.